The molecule has 14 nitrogen and oxygen atoms in total. The highest BCUT2D eigenvalue weighted by atomic mass is 32.2. The second kappa shape index (κ2) is 18.5. The first-order valence-corrected chi connectivity index (χ1v) is 20.4. The van der Waals surface area contributed by atoms with Gasteiger partial charge in [-0.1, -0.05) is 35.4 Å². The summed E-state index contributed by atoms with van der Waals surface area (Å²) in [6.07, 6.45) is 5.71. The number of nitrogens with one attached hydrogen (secondary N) is 3. The number of fused-ring (bicyclic) bond motifs is 1. The van der Waals surface area contributed by atoms with Crippen LogP contribution in [0.5, 0.6) is 0 Å². The van der Waals surface area contributed by atoms with Crippen LogP contribution in [0.1, 0.15) is 21.5 Å². The van der Waals surface area contributed by atoms with Crippen molar-refractivity contribution < 1.29 is 39.9 Å². The molecule has 0 spiro atoms. The highest BCUT2D eigenvalue weighted by Gasteiger charge is 2.14. The van der Waals surface area contributed by atoms with Crippen LogP contribution in [-0.4, -0.2) is 36.8 Å². The van der Waals surface area contributed by atoms with Crippen molar-refractivity contribution in [3.63, 3.8) is 0 Å². The van der Waals surface area contributed by atoms with Crippen molar-refractivity contribution in [1.29, 1.82) is 0 Å². The molecule has 0 radical (unpaired) electrons. The average molecular weight is 820 g/mol. The molecule has 0 atom stereocenters. The van der Waals surface area contributed by atoms with Gasteiger partial charge < -0.3 is 30.8 Å². The average Bonchev–Trinajstić information content (AvgIpc) is 3.18. The van der Waals surface area contributed by atoms with Crippen LogP contribution in [-0.2, 0) is 34.3 Å². The summed E-state index contributed by atoms with van der Waals surface area (Å²) in [7, 11) is -4.62. The van der Waals surface area contributed by atoms with Gasteiger partial charge in [0.15, 0.2) is 12.4 Å². The molecule has 0 fully saturated rings. The molecular weight excluding hydrogens is 779 g/mol. The van der Waals surface area contributed by atoms with Crippen molar-refractivity contribution in [3.05, 3.63) is 163 Å². The Morgan fingerprint density at radius 2 is 1.09 bits per heavy atom. The zero-order valence-corrected chi connectivity index (χ0v) is 33.6. The first-order chi connectivity index (χ1) is 27.4. The molecule has 58 heavy (non-hydrogen) atoms. The van der Waals surface area contributed by atoms with Crippen molar-refractivity contribution in [1.82, 2.24) is 4.98 Å². The summed E-state index contributed by atoms with van der Waals surface area (Å²) in [6.45, 7) is 3.64. The smallest absolute Gasteiger partial charge is 0.289 e. The molecule has 0 saturated heterocycles. The number of aromatic nitrogens is 3. The van der Waals surface area contributed by atoms with Gasteiger partial charge in [0.05, 0.1) is 27.9 Å². The molecule has 0 aliphatic heterocycles. The Morgan fingerprint density at radius 1 is 0.621 bits per heavy atom. The number of nitrogen functional groups attached to an aromatic ring is 1. The fourth-order valence-electron chi connectivity index (χ4n) is 5.27. The summed E-state index contributed by atoms with van der Waals surface area (Å²) in [5.74, 6) is 0.520. The van der Waals surface area contributed by atoms with Crippen molar-refractivity contribution in [2.24, 2.45) is 14.1 Å². The van der Waals surface area contributed by atoms with E-state index in [1.807, 2.05) is 116 Å². The Bertz CT molecular complexity index is 2660. The number of anilines is 6. The van der Waals surface area contributed by atoms with Gasteiger partial charge in [-0.25, -0.2) is 26.0 Å². The van der Waals surface area contributed by atoms with Gasteiger partial charge in [-0.3, -0.25) is 4.79 Å². The minimum Gasteiger partial charge on any atom is -0.744 e. The van der Waals surface area contributed by atoms with E-state index in [0.717, 1.165) is 44.8 Å². The summed E-state index contributed by atoms with van der Waals surface area (Å²) in [4.78, 5) is 16.9. The first kappa shape index (κ1) is 42.4. The molecule has 298 valence electrons. The third-order valence-electron chi connectivity index (χ3n) is 8.45. The Hall–Kier alpha value is -6.72. The van der Waals surface area contributed by atoms with Crippen LogP contribution in [0.3, 0.4) is 0 Å². The summed E-state index contributed by atoms with van der Waals surface area (Å²) in [5.41, 5.74) is 13.6. The number of amides is 1. The van der Waals surface area contributed by atoms with E-state index in [4.69, 9.17) is 5.73 Å². The van der Waals surface area contributed by atoms with E-state index >= 15 is 0 Å². The zero-order valence-electron chi connectivity index (χ0n) is 31.9. The molecule has 1 amide bonds. The maximum Gasteiger partial charge on any atom is 0.289 e. The third kappa shape index (κ3) is 12.1. The lowest BCUT2D eigenvalue weighted by atomic mass is 10.1. The number of rotatable bonds is 8. The lowest BCUT2D eigenvalue weighted by Crippen LogP contribution is -2.29. The minimum absolute atomic E-state index is 0.178. The fraction of sp³-hybridized carbons (Fsp3) is 0.0952. The monoisotopic (exact) mass is 819 g/mol. The number of hydrogen-bond donors (Lipinski definition) is 4. The van der Waals surface area contributed by atoms with Crippen molar-refractivity contribution in [2.45, 2.75) is 23.6 Å². The SMILES string of the molecule is C[n+]1ccc(Nc2ccc(NC(=O)c3ccc(Nc4nc[n+](C)c5ccc(N)cc45)cc3)cc2)cc1.Cc1ccc(S(=O)(=O)[O-])cc1.Cc1ccc(S(=O)(=O)[O-])cc1. The summed E-state index contributed by atoms with van der Waals surface area (Å²) in [5, 5.41) is 10.5. The minimum atomic E-state index is -4.27. The number of hydrogen-bond acceptors (Lipinski definition) is 11. The van der Waals surface area contributed by atoms with E-state index in [2.05, 4.69) is 20.9 Å². The molecule has 5 aromatic carbocycles. The molecule has 0 bridgehead atoms. The molecule has 5 N–H and O–H groups in total. The number of aryl methyl sites for hydroxylation is 4. The molecule has 0 aliphatic rings. The standard InChI is InChI=1S/C28H25N7O.2C7H8O3S/c1-34-15-13-24(14-16-34)31-21-8-10-23(11-9-21)33-28(36)19-3-6-22(7-4-19)32-27-25-17-20(29)5-12-26(25)35(2)18-30-27;2*1-6-2-4-7(5-3-6)11(8,9)10/h3-18H,29H2,1-2H3,(H,33,36);2*2-5H,1H3,(H,8,9,10). The first-order valence-electron chi connectivity index (χ1n) is 17.5. The van der Waals surface area contributed by atoms with Gasteiger partial charge in [0.25, 0.3) is 18.1 Å². The molecule has 0 aliphatic carbocycles. The molecule has 7 aromatic rings. The number of nitrogens with zero attached hydrogens (tertiary/aromatic N) is 3. The lowest BCUT2D eigenvalue weighted by molar-refractivity contribution is -0.671. The summed E-state index contributed by atoms with van der Waals surface area (Å²) in [6, 6.07) is 36.2. The molecule has 2 aromatic heterocycles. The molecule has 2 heterocycles. The molecule has 16 heteroatoms. The van der Waals surface area contributed by atoms with Crippen LogP contribution in [0, 0.1) is 13.8 Å². The van der Waals surface area contributed by atoms with Crippen LogP contribution in [0.15, 0.2) is 156 Å². The van der Waals surface area contributed by atoms with E-state index < -0.39 is 20.2 Å². The van der Waals surface area contributed by atoms with Crippen LogP contribution >= 0.6 is 0 Å². The van der Waals surface area contributed by atoms with Crippen molar-refractivity contribution in [2.75, 3.05) is 21.7 Å². The lowest BCUT2D eigenvalue weighted by Gasteiger charge is -2.09. The van der Waals surface area contributed by atoms with Gasteiger partial charge in [-0.05, 0) is 110 Å². The normalized spacial score (nSPS) is 11.0. The Morgan fingerprint density at radius 3 is 1.60 bits per heavy atom. The van der Waals surface area contributed by atoms with E-state index in [1.54, 1.807) is 42.7 Å². The number of nitrogens with two attached hydrogens (primary N) is 1. The number of carbonyl (C=O) groups excluding carboxylic acids is 1. The quantitative estimate of drug-likeness (QED) is 0.0792. The molecule has 0 saturated carbocycles. The van der Waals surface area contributed by atoms with Gasteiger partial charge in [0, 0.05) is 40.4 Å². The second-order valence-corrected chi connectivity index (χ2v) is 15.9. The largest absolute Gasteiger partial charge is 0.744 e. The Kier molecular flexibility index (Phi) is 13.5. The topological polar surface area (TPSA) is 214 Å². The third-order valence-corrected chi connectivity index (χ3v) is 10.2. The Labute approximate surface area is 337 Å². The van der Waals surface area contributed by atoms with Gasteiger partial charge >= 0.3 is 0 Å². The van der Waals surface area contributed by atoms with Crippen LogP contribution < -0.4 is 30.8 Å². The zero-order chi connectivity index (χ0) is 42.0. The maximum absolute atomic E-state index is 12.8. The van der Waals surface area contributed by atoms with Gasteiger partial charge in [-0.2, -0.15) is 0 Å². The van der Waals surface area contributed by atoms with Crippen LogP contribution in [0.25, 0.3) is 10.9 Å². The molecule has 0 unspecified atom stereocenters. The number of benzene rings is 5. The van der Waals surface area contributed by atoms with Crippen molar-refractivity contribution in [3.8, 4) is 0 Å². The highest BCUT2D eigenvalue weighted by Crippen LogP contribution is 2.25. The second-order valence-electron chi connectivity index (χ2n) is 13.1. The molecule has 7 rings (SSSR count). The summed E-state index contributed by atoms with van der Waals surface area (Å²) < 4.78 is 66.2. The van der Waals surface area contributed by atoms with Crippen LogP contribution in [0.4, 0.5) is 34.3 Å². The Balaban J connectivity index is 0.000000236. The van der Waals surface area contributed by atoms with Gasteiger partial charge in [0.1, 0.15) is 32.8 Å². The number of carbonyl (C=O) groups is 1. The maximum atomic E-state index is 12.8. The predicted octanol–water partition coefficient (Wildman–Crippen LogP) is 6.00. The van der Waals surface area contributed by atoms with E-state index in [-0.39, 0.29) is 15.7 Å². The van der Waals surface area contributed by atoms with E-state index in [0.29, 0.717) is 17.1 Å². The van der Waals surface area contributed by atoms with Gasteiger partial charge in [0.2, 0.25) is 0 Å². The fourth-order valence-corrected chi connectivity index (χ4v) is 6.21. The van der Waals surface area contributed by atoms with Gasteiger partial charge in [-0.15, -0.1) is 0 Å². The highest BCUT2D eigenvalue weighted by molar-refractivity contribution is 7.86. The van der Waals surface area contributed by atoms with E-state index in [1.165, 1.54) is 24.3 Å². The van der Waals surface area contributed by atoms with Crippen LogP contribution in [0.2, 0.25) is 0 Å². The van der Waals surface area contributed by atoms with E-state index in [9.17, 15) is 30.7 Å². The predicted molar refractivity (Wildman–Crippen MR) is 221 cm³/mol. The van der Waals surface area contributed by atoms with Crippen molar-refractivity contribution >= 4 is 71.3 Å². The number of pyridine rings is 1. The summed E-state index contributed by atoms with van der Waals surface area (Å²) >= 11 is 0. The molecular formula is C42H41N7O7S2.